The van der Waals surface area contributed by atoms with Crippen molar-refractivity contribution in [2.24, 2.45) is 5.92 Å². The molecule has 1 atom stereocenters. The van der Waals surface area contributed by atoms with Crippen molar-refractivity contribution >= 4 is 11.6 Å². The highest BCUT2D eigenvalue weighted by molar-refractivity contribution is 5.95. The number of benzene rings is 2. The van der Waals surface area contributed by atoms with Crippen molar-refractivity contribution < 1.29 is 18.0 Å². The van der Waals surface area contributed by atoms with Gasteiger partial charge in [-0.2, -0.15) is 18.4 Å². The third kappa shape index (κ3) is 5.15. The van der Waals surface area contributed by atoms with Crippen LogP contribution in [0.25, 0.3) is 0 Å². The Morgan fingerprint density at radius 1 is 1.24 bits per heavy atom. The number of amides is 1. The fourth-order valence-corrected chi connectivity index (χ4v) is 3.27. The molecule has 1 N–H and O–H groups in total. The molecular weight excluding hydrogens is 379 g/mol. The van der Waals surface area contributed by atoms with Gasteiger partial charge in [0.05, 0.1) is 29.8 Å². The average molecular weight is 401 g/mol. The predicted molar refractivity (Wildman–Crippen MR) is 104 cm³/mol. The Balaban J connectivity index is 1.95. The van der Waals surface area contributed by atoms with Crippen LogP contribution >= 0.6 is 0 Å². The van der Waals surface area contributed by atoms with Crippen LogP contribution < -0.4 is 10.2 Å². The number of alkyl halides is 3. The van der Waals surface area contributed by atoms with E-state index in [-0.39, 0.29) is 18.1 Å². The van der Waals surface area contributed by atoms with Gasteiger partial charge in [-0.3, -0.25) is 4.79 Å². The summed E-state index contributed by atoms with van der Waals surface area (Å²) in [6, 6.07) is 13.6. The third-order valence-electron chi connectivity index (χ3n) is 5.05. The summed E-state index contributed by atoms with van der Waals surface area (Å²) in [4.78, 5) is 14.4. The lowest BCUT2D eigenvalue weighted by atomic mass is 10.0. The Kier molecular flexibility index (Phi) is 6.23. The maximum Gasteiger partial charge on any atom is 0.417 e. The van der Waals surface area contributed by atoms with Crippen LogP contribution in [-0.4, -0.2) is 19.0 Å². The van der Waals surface area contributed by atoms with E-state index in [1.54, 1.807) is 13.0 Å². The predicted octanol–water partition coefficient (Wildman–Crippen LogP) is 4.67. The second kappa shape index (κ2) is 8.66. The number of hydrogen-bond acceptors (Lipinski definition) is 3. The molecule has 0 saturated heterocycles. The first-order chi connectivity index (χ1) is 13.8. The van der Waals surface area contributed by atoms with Crippen molar-refractivity contribution in [3.8, 4) is 6.07 Å². The topological polar surface area (TPSA) is 56.1 Å². The molecule has 7 heteroatoms. The molecule has 1 fully saturated rings. The number of carbonyl (C=O) groups is 1. The first-order valence-electron chi connectivity index (χ1n) is 9.50. The molecule has 2 aromatic rings. The molecule has 0 heterocycles. The quantitative estimate of drug-likeness (QED) is 0.734. The zero-order chi connectivity index (χ0) is 21.0. The Morgan fingerprint density at radius 3 is 2.52 bits per heavy atom. The number of nitriles is 1. The van der Waals surface area contributed by atoms with Crippen LogP contribution in [-0.2, 0) is 11.0 Å². The molecule has 0 bridgehead atoms. The average Bonchev–Trinajstić information content (AvgIpc) is 3.52. The van der Waals surface area contributed by atoms with Gasteiger partial charge in [-0.05, 0) is 56.0 Å². The van der Waals surface area contributed by atoms with E-state index in [0.29, 0.717) is 5.92 Å². The van der Waals surface area contributed by atoms with Crippen LogP contribution in [0.2, 0.25) is 0 Å². The molecule has 29 heavy (non-hydrogen) atoms. The van der Waals surface area contributed by atoms with E-state index in [4.69, 9.17) is 5.26 Å². The minimum Gasteiger partial charge on any atom is -0.308 e. The van der Waals surface area contributed by atoms with E-state index in [1.165, 1.54) is 11.0 Å². The summed E-state index contributed by atoms with van der Waals surface area (Å²) in [6.07, 6.45) is -2.41. The number of hydrogen-bond donors (Lipinski definition) is 1. The maximum atomic E-state index is 13.4. The van der Waals surface area contributed by atoms with Crippen molar-refractivity contribution in [2.45, 2.75) is 32.0 Å². The second-order valence-electron chi connectivity index (χ2n) is 7.26. The van der Waals surface area contributed by atoms with Gasteiger partial charge in [-0.1, -0.05) is 30.3 Å². The summed E-state index contributed by atoms with van der Waals surface area (Å²) in [5.74, 6) is 0.259. The first-order valence-corrected chi connectivity index (χ1v) is 9.50. The summed E-state index contributed by atoms with van der Waals surface area (Å²) < 4.78 is 40.3. The minimum absolute atomic E-state index is 0.0367. The molecule has 1 aliphatic carbocycles. The number of nitrogens with one attached hydrogen (secondary N) is 1. The van der Waals surface area contributed by atoms with E-state index in [2.05, 4.69) is 5.32 Å². The summed E-state index contributed by atoms with van der Waals surface area (Å²) in [7, 11) is 0. The molecule has 1 saturated carbocycles. The number of halogens is 3. The van der Waals surface area contributed by atoms with Crippen molar-refractivity contribution in [3.63, 3.8) is 0 Å². The molecule has 3 rings (SSSR count). The van der Waals surface area contributed by atoms with Gasteiger partial charge < -0.3 is 10.2 Å². The van der Waals surface area contributed by atoms with E-state index >= 15 is 0 Å². The normalized spacial score (nSPS) is 14.9. The first kappa shape index (κ1) is 20.9. The van der Waals surface area contributed by atoms with Gasteiger partial charge in [0.25, 0.3) is 0 Å². The lowest BCUT2D eigenvalue weighted by molar-refractivity contribution is -0.137. The number of carbonyl (C=O) groups excluding carboxylic acids is 1. The van der Waals surface area contributed by atoms with Gasteiger partial charge in [0.2, 0.25) is 5.91 Å². The van der Waals surface area contributed by atoms with Gasteiger partial charge in [0.1, 0.15) is 0 Å². The molecule has 4 nitrogen and oxygen atoms in total. The van der Waals surface area contributed by atoms with Crippen LogP contribution in [0.4, 0.5) is 18.9 Å². The Bertz CT molecular complexity index is 902. The molecule has 0 aromatic heterocycles. The van der Waals surface area contributed by atoms with Crippen LogP contribution in [0.1, 0.15) is 42.5 Å². The van der Waals surface area contributed by atoms with Gasteiger partial charge in [0.15, 0.2) is 0 Å². The molecule has 0 aliphatic heterocycles. The molecule has 2 aromatic carbocycles. The molecule has 152 valence electrons. The zero-order valence-electron chi connectivity index (χ0n) is 16.0. The largest absolute Gasteiger partial charge is 0.417 e. The molecule has 1 amide bonds. The van der Waals surface area contributed by atoms with E-state index in [0.717, 1.165) is 37.1 Å². The number of rotatable bonds is 7. The lowest BCUT2D eigenvalue weighted by Gasteiger charge is -2.30. The zero-order valence-corrected chi connectivity index (χ0v) is 16.0. The third-order valence-corrected chi connectivity index (χ3v) is 5.05. The molecular formula is C22H22F3N3O. The van der Waals surface area contributed by atoms with Gasteiger partial charge in [-0.25, -0.2) is 0 Å². The monoisotopic (exact) mass is 401 g/mol. The van der Waals surface area contributed by atoms with Crippen molar-refractivity contribution in [1.29, 1.82) is 5.26 Å². The van der Waals surface area contributed by atoms with E-state index < -0.39 is 23.3 Å². The second-order valence-corrected chi connectivity index (χ2v) is 7.26. The summed E-state index contributed by atoms with van der Waals surface area (Å²) >= 11 is 0. The summed E-state index contributed by atoms with van der Waals surface area (Å²) in [6.45, 7) is 2.54. The van der Waals surface area contributed by atoms with Gasteiger partial charge in [0, 0.05) is 5.69 Å². The fraction of sp³-hybridized carbons (Fsp3) is 0.364. The standard InChI is InChI=1S/C22H22F3N3O/c1-15(17-5-3-2-4-6-17)28(21(29)14-27-13-16-7-8-16)19-10-9-18(12-26)20(11-19)22(23,24)25/h2-6,9-11,15-16,27H,7-8,13-14H2,1H3/t15-/m0/s1. The summed E-state index contributed by atoms with van der Waals surface area (Å²) in [5.41, 5.74) is -0.582. The SMILES string of the molecule is C[C@@H](c1ccccc1)N(C(=O)CNCC1CC1)c1ccc(C#N)c(C(F)(F)F)c1. The van der Waals surface area contributed by atoms with Gasteiger partial charge in [-0.15, -0.1) is 0 Å². The van der Waals surface area contributed by atoms with Crippen LogP contribution in [0.5, 0.6) is 0 Å². The molecule has 0 radical (unpaired) electrons. The smallest absolute Gasteiger partial charge is 0.308 e. The highest BCUT2D eigenvalue weighted by Crippen LogP contribution is 2.36. The Labute approximate surface area is 167 Å². The van der Waals surface area contributed by atoms with Crippen LogP contribution in [0.3, 0.4) is 0 Å². The van der Waals surface area contributed by atoms with Crippen LogP contribution in [0.15, 0.2) is 48.5 Å². The molecule has 1 aliphatic rings. The van der Waals surface area contributed by atoms with Gasteiger partial charge >= 0.3 is 6.18 Å². The summed E-state index contributed by atoms with van der Waals surface area (Å²) in [5, 5.41) is 12.1. The minimum atomic E-state index is -4.68. The maximum absolute atomic E-state index is 13.4. The highest BCUT2D eigenvalue weighted by Gasteiger charge is 2.35. The Morgan fingerprint density at radius 2 is 1.93 bits per heavy atom. The van der Waals surface area contributed by atoms with Crippen LogP contribution in [0, 0.1) is 17.2 Å². The van der Waals surface area contributed by atoms with Crippen molar-refractivity contribution in [1.82, 2.24) is 5.32 Å². The highest BCUT2D eigenvalue weighted by atomic mass is 19.4. The Hall–Kier alpha value is -2.85. The number of anilines is 1. The van der Waals surface area contributed by atoms with Crippen molar-refractivity contribution in [3.05, 3.63) is 65.2 Å². The fourth-order valence-electron chi connectivity index (χ4n) is 3.27. The lowest BCUT2D eigenvalue weighted by Crippen LogP contribution is -2.40. The van der Waals surface area contributed by atoms with Crippen molar-refractivity contribution in [2.75, 3.05) is 18.0 Å². The molecule has 0 spiro atoms. The van der Waals surface area contributed by atoms with E-state index in [1.807, 2.05) is 30.3 Å². The molecule has 0 unspecified atom stereocenters. The number of nitrogens with zero attached hydrogens (tertiary/aromatic N) is 2. The van der Waals surface area contributed by atoms with E-state index in [9.17, 15) is 18.0 Å².